The molecule has 0 saturated carbocycles. The minimum absolute atomic E-state index is 0.123. The van der Waals surface area contributed by atoms with Gasteiger partial charge in [-0.3, -0.25) is 0 Å². The second-order valence-corrected chi connectivity index (χ2v) is 4.45. The van der Waals surface area contributed by atoms with Crippen molar-refractivity contribution in [2.45, 2.75) is 25.5 Å². The number of carboxylic acid groups (broad SMARTS) is 1. The highest BCUT2D eigenvalue weighted by Gasteiger charge is 2.19. The summed E-state index contributed by atoms with van der Waals surface area (Å²) in [5.41, 5.74) is -0.740. The molecule has 1 unspecified atom stereocenters. The number of aromatic carboxylic acids is 1. The van der Waals surface area contributed by atoms with Gasteiger partial charge in [-0.15, -0.1) is 0 Å². The lowest BCUT2D eigenvalue weighted by Gasteiger charge is -2.22. The van der Waals surface area contributed by atoms with Crippen molar-refractivity contribution in [1.82, 2.24) is 5.32 Å². The molecule has 1 aromatic rings. The molecule has 0 spiro atoms. The molecule has 0 radical (unpaired) electrons. The van der Waals surface area contributed by atoms with Gasteiger partial charge in [0, 0.05) is 26.7 Å². The average molecular weight is 257 g/mol. The van der Waals surface area contributed by atoms with E-state index in [1.54, 1.807) is 14.0 Å². The van der Waals surface area contributed by atoms with E-state index in [0.29, 0.717) is 31.9 Å². The van der Waals surface area contributed by atoms with Crippen LogP contribution in [0.25, 0.3) is 0 Å². The third-order valence-electron chi connectivity index (χ3n) is 2.55. The Labute approximate surface area is 106 Å². The molecule has 1 aromatic heterocycles. The molecule has 6 nitrogen and oxygen atoms in total. The molecule has 0 fully saturated rings. The van der Waals surface area contributed by atoms with E-state index in [4.69, 9.17) is 14.3 Å². The van der Waals surface area contributed by atoms with Gasteiger partial charge in [0.15, 0.2) is 0 Å². The van der Waals surface area contributed by atoms with Gasteiger partial charge in [0.05, 0.1) is 17.7 Å². The molecule has 18 heavy (non-hydrogen) atoms. The fourth-order valence-corrected chi connectivity index (χ4v) is 1.45. The van der Waals surface area contributed by atoms with Gasteiger partial charge >= 0.3 is 5.97 Å². The maximum absolute atomic E-state index is 10.6. The van der Waals surface area contributed by atoms with Gasteiger partial charge in [-0.1, -0.05) is 0 Å². The van der Waals surface area contributed by atoms with Gasteiger partial charge in [0.2, 0.25) is 0 Å². The number of carbonyl (C=O) groups is 1. The lowest BCUT2D eigenvalue weighted by Crippen LogP contribution is -2.38. The van der Waals surface area contributed by atoms with Crippen molar-refractivity contribution in [3.8, 4) is 0 Å². The Morgan fingerprint density at radius 3 is 2.89 bits per heavy atom. The Morgan fingerprint density at radius 2 is 2.33 bits per heavy atom. The summed E-state index contributed by atoms with van der Waals surface area (Å²) in [5, 5.41) is 21.7. The molecular weight excluding hydrogens is 238 g/mol. The van der Waals surface area contributed by atoms with Crippen LogP contribution >= 0.6 is 0 Å². The van der Waals surface area contributed by atoms with Gasteiger partial charge in [-0.05, 0) is 13.0 Å². The highest BCUT2D eigenvalue weighted by molar-refractivity contribution is 5.87. The van der Waals surface area contributed by atoms with Gasteiger partial charge in [-0.2, -0.15) is 0 Å². The van der Waals surface area contributed by atoms with E-state index >= 15 is 0 Å². The number of nitrogens with one attached hydrogen (secondary N) is 1. The molecule has 3 N–H and O–H groups in total. The molecule has 1 heterocycles. The van der Waals surface area contributed by atoms with Crippen LogP contribution in [0, 0.1) is 0 Å². The van der Waals surface area contributed by atoms with Crippen LogP contribution in [-0.4, -0.2) is 42.0 Å². The molecule has 1 atom stereocenters. The maximum atomic E-state index is 10.6. The molecule has 6 heteroatoms. The van der Waals surface area contributed by atoms with Crippen molar-refractivity contribution in [3.05, 3.63) is 23.7 Å². The largest absolute Gasteiger partial charge is 0.478 e. The Morgan fingerprint density at radius 1 is 1.61 bits per heavy atom. The van der Waals surface area contributed by atoms with E-state index in [-0.39, 0.29) is 5.56 Å². The third kappa shape index (κ3) is 4.87. The number of methoxy groups -OCH3 is 1. The Hall–Kier alpha value is -1.37. The number of rotatable bonds is 8. The maximum Gasteiger partial charge on any atom is 0.338 e. The van der Waals surface area contributed by atoms with Crippen molar-refractivity contribution in [2.75, 3.05) is 20.3 Å². The van der Waals surface area contributed by atoms with E-state index in [1.165, 1.54) is 12.3 Å². The summed E-state index contributed by atoms with van der Waals surface area (Å²) in [5.74, 6) is -0.493. The van der Waals surface area contributed by atoms with Crippen molar-refractivity contribution in [2.24, 2.45) is 0 Å². The van der Waals surface area contributed by atoms with Crippen LogP contribution in [-0.2, 0) is 11.3 Å². The summed E-state index contributed by atoms with van der Waals surface area (Å²) in [6.45, 7) is 2.94. The Kier molecular flexibility index (Phi) is 5.33. The zero-order valence-corrected chi connectivity index (χ0v) is 10.6. The summed E-state index contributed by atoms with van der Waals surface area (Å²) < 4.78 is 9.97. The molecule has 0 aromatic carbocycles. The average Bonchev–Trinajstić information content (AvgIpc) is 2.75. The van der Waals surface area contributed by atoms with Crippen LogP contribution in [0.3, 0.4) is 0 Å². The first kappa shape index (κ1) is 14.7. The van der Waals surface area contributed by atoms with Crippen molar-refractivity contribution >= 4 is 5.97 Å². The minimum Gasteiger partial charge on any atom is -0.478 e. The fourth-order valence-electron chi connectivity index (χ4n) is 1.45. The zero-order chi connectivity index (χ0) is 13.6. The lowest BCUT2D eigenvalue weighted by atomic mass is 10.0. The summed E-state index contributed by atoms with van der Waals surface area (Å²) >= 11 is 0. The van der Waals surface area contributed by atoms with Crippen LogP contribution in [0.5, 0.6) is 0 Å². The normalized spacial score (nSPS) is 14.4. The summed E-state index contributed by atoms with van der Waals surface area (Å²) in [7, 11) is 1.58. The summed E-state index contributed by atoms with van der Waals surface area (Å²) in [6.07, 6.45) is 1.72. The first-order valence-electron chi connectivity index (χ1n) is 5.67. The summed E-state index contributed by atoms with van der Waals surface area (Å²) in [4.78, 5) is 10.6. The highest BCUT2D eigenvalue weighted by Crippen LogP contribution is 2.10. The second-order valence-electron chi connectivity index (χ2n) is 4.45. The number of furan rings is 1. The van der Waals surface area contributed by atoms with E-state index < -0.39 is 11.6 Å². The number of carboxylic acids is 1. The third-order valence-corrected chi connectivity index (χ3v) is 2.55. The summed E-state index contributed by atoms with van der Waals surface area (Å²) in [6, 6.07) is 1.46. The quantitative estimate of drug-likeness (QED) is 0.639. The molecule has 1 rings (SSSR count). The molecule has 0 aliphatic heterocycles. The Balaban J connectivity index is 2.34. The second kappa shape index (κ2) is 6.53. The van der Waals surface area contributed by atoms with E-state index in [2.05, 4.69) is 5.32 Å². The number of aliphatic hydroxyl groups is 1. The van der Waals surface area contributed by atoms with Gasteiger partial charge < -0.3 is 24.7 Å². The topological polar surface area (TPSA) is 91.9 Å². The first-order chi connectivity index (χ1) is 8.44. The van der Waals surface area contributed by atoms with E-state index in [9.17, 15) is 9.90 Å². The van der Waals surface area contributed by atoms with E-state index in [0.717, 1.165) is 0 Å². The molecular formula is C12H19NO5. The predicted molar refractivity (Wildman–Crippen MR) is 64.5 cm³/mol. The number of hydrogen-bond acceptors (Lipinski definition) is 5. The first-order valence-corrected chi connectivity index (χ1v) is 5.67. The molecule has 102 valence electrons. The van der Waals surface area contributed by atoms with Crippen molar-refractivity contribution < 1.29 is 24.2 Å². The minimum atomic E-state index is -1.02. The monoisotopic (exact) mass is 257 g/mol. The number of hydrogen-bond donors (Lipinski definition) is 3. The molecule has 0 bridgehead atoms. The fraction of sp³-hybridized carbons (Fsp3) is 0.583. The van der Waals surface area contributed by atoms with Gasteiger partial charge in [0.25, 0.3) is 0 Å². The molecule has 0 aliphatic carbocycles. The van der Waals surface area contributed by atoms with Crippen LogP contribution < -0.4 is 5.32 Å². The van der Waals surface area contributed by atoms with Gasteiger partial charge in [-0.25, -0.2) is 4.79 Å². The molecule has 0 aliphatic rings. The molecule has 0 amide bonds. The van der Waals surface area contributed by atoms with Crippen molar-refractivity contribution in [3.63, 3.8) is 0 Å². The van der Waals surface area contributed by atoms with E-state index in [1.807, 2.05) is 0 Å². The zero-order valence-electron chi connectivity index (χ0n) is 10.6. The smallest absolute Gasteiger partial charge is 0.338 e. The highest BCUT2D eigenvalue weighted by atomic mass is 16.5. The number of ether oxygens (including phenoxy) is 1. The van der Waals surface area contributed by atoms with Gasteiger partial charge in [0.1, 0.15) is 12.0 Å². The van der Waals surface area contributed by atoms with Crippen LogP contribution in [0.2, 0.25) is 0 Å². The SMILES string of the molecule is COCCC(C)(O)CNCc1cc(C(=O)O)co1. The lowest BCUT2D eigenvalue weighted by molar-refractivity contribution is 0.0244. The molecule has 0 saturated heterocycles. The van der Waals surface area contributed by atoms with Crippen LogP contribution in [0.15, 0.2) is 16.7 Å². The van der Waals surface area contributed by atoms with Crippen molar-refractivity contribution in [1.29, 1.82) is 0 Å². The standard InChI is InChI=1S/C12H19NO5/c1-12(16,3-4-17-2)8-13-6-10-5-9(7-18-10)11(14)15/h5,7,13,16H,3-4,6,8H2,1-2H3,(H,14,15). The van der Waals surface area contributed by atoms with Crippen LogP contribution in [0.4, 0.5) is 0 Å². The Bertz CT molecular complexity index is 386. The van der Waals surface area contributed by atoms with Crippen LogP contribution in [0.1, 0.15) is 29.5 Å². The predicted octanol–water partition coefficient (Wildman–Crippen LogP) is 0.855.